The lowest BCUT2D eigenvalue weighted by molar-refractivity contribution is 0.0610. The summed E-state index contributed by atoms with van der Waals surface area (Å²) in [6.45, 7) is 3.49. The highest BCUT2D eigenvalue weighted by Gasteiger charge is 2.31. The highest BCUT2D eigenvalue weighted by molar-refractivity contribution is 7.15. The number of thiazole rings is 1. The second kappa shape index (κ2) is 5.34. The maximum Gasteiger partial charge on any atom is 0.274 e. The zero-order valence-electron chi connectivity index (χ0n) is 12.7. The highest BCUT2D eigenvalue weighted by Crippen LogP contribution is 2.30. The molecule has 0 aliphatic carbocycles. The number of aromatic nitrogens is 3. The average Bonchev–Trinajstić information content (AvgIpc) is 3.20. The average molecular weight is 328 g/mol. The normalized spacial score (nSPS) is 17.4. The summed E-state index contributed by atoms with van der Waals surface area (Å²) >= 11 is 1.35. The largest absolute Gasteiger partial charge is 0.348 e. The highest BCUT2D eigenvalue weighted by atomic mass is 32.1. The third kappa shape index (κ3) is 2.19. The van der Waals surface area contributed by atoms with Crippen LogP contribution in [0, 0.1) is 0 Å². The van der Waals surface area contributed by atoms with Gasteiger partial charge in [-0.3, -0.25) is 14.0 Å². The Kier molecular flexibility index (Phi) is 3.30. The molecule has 1 amide bonds. The van der Waals surface area contributed by atoms with Gasteiger partial charge in [0.25, 0.3) is 11.5 Å². The molecule has 1 unspecified atom stereocenters. The van der Waals surface area contributed by atoms with E-state index in [9.17, 15) is 9.59 Å². The van der Waals surface area contributed by atoms with Crippen LogP contribution in [0.4, 0.5) is 0 Å². The topological polar surface area (TPSA) is 59.6 Å². The van der Waals surface area contributed by atoms with E-state index < -0.39 is 0 Å². The molecular formula is C16H16N4O2S. The van der Waals surface area contributed by atoms with Crippen molar-refractivity contribution < 1.29 is 4.79 Å². The number of carbonyl (C=O) groups is 1. The molecule has 0 radical (unpaired) electrons. The van der Waals surface area contributed by atoms with Gasteiger partial charge in [0.15, 0.2) is 4.96 Å². The second-order valence-electron chi connectivity index (χ2n) is 5.58. The molecule has 1 atom stereocenters. The molecule has 0 aromatic carbocycles. The summed E-state index contributed by atoms with van der Waals surface area (Å²) in [7, 11) is 0. The van der Waals surface area contributed by atoms with Crippen molar-refractivity contribution in [3.05, 3.63) is 57.7 Å². The van der Waals surface area contributed by atoms with E-state index in [1.165, 1.54) is 17.4 Å². The number of fused-ring (bicyclic) bond motifs is 2. The van der Waals surface area contributed by atoms with Gasteiger partial charge in [0.05, 0.1) is 6.04 Å². The molecule has 0 saturated carbocycles. The van der Waals surface area contributed by atoms with Crippen molar-refractivity contribution in [3.8, 4) is 0 Å². The molecule has 7 heteroatoms. The van der Waals surface area contributed by atoms with Crippen LogP contribution in [0.1, 0.15) is 35.6 Å². The fourth-order valence-electron chi connectivity index (χ4n) is 3.30. The Labute approximate surface area is 136 Å². The van der Waals surface area contributed by atoms with Gasteiger partial charge < -0.3 is 9.47 Å². The van der Waals surface area contributed by atoms with E-state index >= 15 is 0 Å². The van der Waals surface area contributed by atoms with Crippen LogP contribution >= 0.6 is 11.3 Å². The Balaban J connectivity index is 1.79. The summed E-state index contributed by atoms with van der Waals surface area (Å²) in [4.78, 5) is 31.3. The van der Waals surface area contributed by atoms with Gasteiger partial charge in [-0.2, -0.15) is 4.98 Å². The minimum Gasteiger partial charge on any atom is -0.348 e. The summed E-state index contributed by atoms with van der Waals surface area (Å²) in [6, 6.07) is 5.44. The third-order valence-electron chi connectivity index (χ3n) is 4.35. The van der Waals surface area contributed by atoms with E-state index in [4.69, 9.17) is 0 Å². The molecule has 6 nitrogen and oxygen atoms in total. The monoisotopic (exact) mass is 328 g/mol. The van der Waals surface area contributed by atoms with E-state index in [2.05, 4.69) is 22.5 Å². The summed E-state index contributed by atoms with van der Waals surface area (Å²) < 4.78 is 3.89. The Morgan fingerprint density at radius 2 is 2.26 bits per heavy atom. The molecule has 118 valence electrons. The SMILES string of the molecule is CCC1c2cccn2CCN1C(=O)c1cc(=O)nc2sccn12. The summed E-state index contributed by atoms with van der Waals surface area (Å²) in [5, 5.41) is 1.83. The predicted molar refractivity (Wildman–Crippen MR) is 87.8 cm³/mol. The van der Waals surface area contributed by atoms with Crippen molar-refractivity contribution >= 4 is 22.2 Å². The van der Waals surface area contributed by atoms with Crippen molar-refractivity contribution in [2.24, 2.45) is 0 Å². The Morgan fingerprint density at radius 3 is 3.09 bits per heavy atom. The molecule has 0 bridgehead atoms. The maximum absolute atomic E-state index is 13.1. The molecule has 0 spiro atoms. The lowest BCUT2D eigenvalue weighted by Crippen LogP contribution is -2.42. The van der Waals surface area contributed by atoms with E-state index in [1.807, 2.05) is 22.5 Å². The third-order valence-corrected chi connectivity index (χ3v) is 5.10. The lowest BCUT2D eigenvalue weighted by atomic mass is 10.1. The fourth-order valence-corrected chi connectivity index (χ4v) is 4.02. The predicted octanol–water partition coefficient (Wildman–Crippen LogP) is 2.16. The summed E-state index contributed by atoms with van der Waals surface area (Å²) in [6.07, 6.45) is 4.67. The van der Waals surface area contributed by atoms with Crippen molar-refractivity contribution in [1.82, 2.24) is 18.9 Å². The minimum absolute atomic E-state index is 0.0313. The van der Waals surface area contributed by atoms with Crippen LogP contribution < -0.4 is 5.56 Å². The van der Waals surface area contributed by atoms with Gasteiger partial charge in [0, 0.05) is 42.6 Å². The molecular weight excluding hydrogens is 312 g/mol. The smallest absolute Gasteiger partial charge is 0.274 e. The number of nitrogens with zero attached hydrogens (tertiary/aromatic N) is 4. The molecule has 23 heavy (non-hydrogen) atoms. The van der Waals surface area contributed by atoms with Gasteiger partial charge >= 0.3 is 0 Å². The summed E-state index contributed by atoms with van der Waals surface area (Å²) in [5.41, 5.74) is 1.17. The van der Waals surface area contributed by atoms with Gasteiger partial charge in [-0.1, -0.05) is 6.92 Å². The van der Waals surface area contributed by atoms with Crippen LogP contribution in [0.25, 0.3) is 4.96 Å². The number of hydrogen-bond acceptors (Lipinski definition) is 4. The van der Waals surface area contributed by atoms with E-state index in [1.54, 1.807) is 10.6 Å². The first-order valence-corrected chi connectivity index (χ1v) is 8.50. The molecule has 0 N–H and O–H groups in total. The van der Waals surface area contributed by atoms with Crippen LogP contribution in [0.3, 0.4) is 0 Å². The van der Waals surface area contributed by atoms with Crippen LogP contribution in [0.2, 0.25) is 0 Å². The first-order chi connectivity index (χ1) is 11.2. The number of amides is 1. The van der Waals surface area contributed by atoms with Gasteiger partial charge in [-0.05, 0) is 18.6 Å². The Bertz CT molecular complexity index is 939. The fraction of sp³-hybridized carbons (Fsp3) is 0.312. The van der Waals surface area contributed by atoms with Crippen molar-refractivity contribution in [3.63, 3.8) is 0 Å². The Morgan fingerprint density at radius 1 is 1.39 bits per heavy atom. The first kappa shape index (κ1) is 14.2. The minimum atomic E-state index is -0.371. The molecule has 3 aromatic rings. The molecule has 1 aliphatic rings. The lowest BCUT2D eigenvalue weighted by Gasteiger charge is -2.36. The van der Waals surface area contributed by atoms with Crippen LogP contribution in [-0.2, 0) is 6.54 Å². The van der Waals surface area contributed by atoms with Crippen LogP contribution in [0.15, 0.2) is 40.8 Å². The second-order valence-corrected chi connectivity index (χ2v) is 6.46. The van der Waals surface area contributed by atoms with Crippen LogP contribution in [-0.4, -0.2) is 31.3 Å². The molecule has 1 aliphatic heterocycles. The van der Waals surface area contributed by atoms with Gasteiger partial charge in [0.1, 0.15) is 5.69 Å². The van der Waals surface area contributed by atoms with Crippen LogP contribution in [0.5, 0.6) is 0 Å². The maximum atomic E-state index is 13.1. The van der Waals surface area contributed by atoms with Crippen molar-refractivity contribution in [2.45, 2.75) is 25.9 Å². The Hall–Kier alpha value is -2.41. The molecule has 3 aromatic heterocycles. The van der Waals surface area contributed by atoms with Gasteiger partial charge in [0.2, 0.25) is 0 Å². The molecule has 0 fully saturated rings. The first-order valence-electron chi connectivity index (χ1n) is 7.62. The van der Waals surface area contributed by atoms with Gasteiger partial charge in [-0.15, -0.1) is 11.3 Å². The number of rotatable bonds is 2. The van der Waals surface area contributed by atoms with Gasteiger partial charge in [-0.25, -0.2) is 0 Å². The molecule has 4 heterocycles. The zero-order chi connectivity index (χ0) is 16.0. The van der Waals surface area contributed by atoms with E-state index in [-0.39, 0.29) is 17.5 Å². The number of hydrogen-bond donors (Lipinski definition) is 0. The molecule has 4 rings (SSSR count). The van der Waals surface area contributed by atoms with E-state index in [0.29, 0.717) is 17.2 Å². The number of carbonyl (C=O) groups excluding carboxylic acids is 1. The van der Waals surface area contributed by atoms with E-state index in [0.717, 1.165) is 18.7 Å². The quantitative estimate of drug-likeness (QED) is 0.724. The molecule has 0 saturated heterocycles. The summed E-state index contributed by atoms with van der Waals surface area (Å²) in [5.74, 6) is -0.114. The standard InChI is InChI=1S/C16H16N4O2S/c1-2-11-12-4-3-5-18(12)6-7-19(11)15(22)13-10-14(21)17-16-20(13)8-9-23-16/h3-5,8-11H,2,6-7H2,1H3. The van der Waals surface area contributed by atoms with Crippen molar-refractivity contribution in [2.75, 3.05) is 6.54 Å². The zero-order valence-corrected chi connectivity index (χ0v) is 13.5. The van der Waals surface area contributed by atoms with Crippen molar-refractivity contribution in [1.29, 1.82) is 0 Å².